The molecule has 0 fully saturated rings. The van der Waals surface area contributed by atoms with Crippen molar-refractivity contribution in [3.63, 3.8) is 0 Å². The summed E-state index contributed by atoms with van der Waals surface area (Å²) >= 11 is 0. The maximum atomic E-state index is 12.2. The molecule has 0 saturated heterocycles. The zero-order valence-corrected chi connectivity index (χ0v) is 22.6. The van der Waals surface area contributed by atoms with Crippen molar-refractivity contribution in [2.75, 3.05) is 26.4 Å². The molecule has 0 aliphatic heterocycles. The van der Waals surface area contributed by atoms with Gasteiger partial charge in [0.1, 0.15) is 13.2 Å². The van der Waals surface area contributed by atoms with Crippen LogP contribution in [0.15, 0.2) is 0 Å². The van der Waals surface area contributed by atoms with Gasteiger partial charge in [0.15, 0.2) is 10.9 Å². The summed E-state index contributed by atoms with van der Waals surface area (Å²) in [6.45, 7) is 15.2. The van der Waals surface area contributed by atoms with Crippen molar-refractivity contribution in [3.05, 3.63) is 0 Å². The summed E-state index contributed by atoms with van der Waals surface area (Å²) < 4.78 is 32.9. The Labute approximate surface area is 192 Å². The molecule has 0 bridgehead atoms. The minimum atomic E-state index is -1.17. The molecule has 0 aromatic carbocycles. The summed E-state index contributed by atoms with van der Waals surface area (Å²) in [5.41, 5.74) is -1.10. The van der Waals surface area contributed by atoms with E-state index in [0.717, 1.165) is 0 Å². The summed E-state index contributed by atoms with van der Waals surface area (Å²) in [7, 11) is 4.89. The molecule has 0 saturated carbocycles. The van der Waals surface area contributed by atoms with E-state index in [1.54, 1.807) is 20.8 Å². The lowest BCUT2D eigenvalue weighted by atomic mass is 10.1. The molecule has 0 heterocycles. The quantitative estimate of drug-likeness (QED) is 0.187. The second-order valence-corrected chi connectivity index (χ2v) is 10.6. The molecule has 0 N–H and O–H groups in total. The lowest BCUT2D eigenvalue weighted by Gasteiger charge is -2.26. The molecular weight excluding hydrogens is 442 g/mol. The van der Waals surface area contributed by atoms with Gasteiger partial charge in [0.05, 0.1) is 37.4 Å². The molecule has 184 valence electrons. The molecule has 0 amide bonds. The van der Waals surface area contributed by atoms with Gasteiger partial charge in [-0.25, -0.2) is 9.59 Å². The smallest absolute Gasteiger partial charge is 0.342 e. The number of rotatable bonds is 16. The van der Waals surface area contributed by atoms with E-state index < -0.39 is 22.9 Å². The van der Waals surface area contributed by atoms with Crippen LogP contribution in [0.2, 0.25) is 0 Å². The lowest BCUT2D eigenvalue weighted by Crippen LogP contribution is -2.39. The summed E-state index contributed by atoms with van der Waals surface area (Å²) in [5.74, 6) is -0.968. The van der Waals surface area contributed by atoms with E-state index >= 15 is 0 Å². The number of hydrogen-bond acceptors (Lipinski definition) is 8. The highest BCUT2D eigenvalue weighted by atomic mass is 31.0. The number of carbonyl (C=O) groups is 2. The highest BCUT2D eigenvalue weighted by molar-refractivity contribution is 7.20. The molecule has 0 aliphatic rings. The van der Waals surface area contributed by atoms with Crippen LogP contribution in [0.3, 0.4) is 0 Å². The zero-order chi connectivity index (χ0) is 24.2. The molecule has 0 aromatic heterocycles. The largest absolute Gasteiger partial charge is 0.461 e. The topological polar surface area (TPSA) is 89.5 Å². The van der Waals surface area contributed by atoms with Crippen LogP contribution < -0.4 is 0 Å². The minimum absolute atomic E-state index is 0.0190. The number of esters is 2. The van der Waals surface area contributed by atoms with Gasteiger partial charge in [-0.3, -0.25) is 0 Å². The fourth-order valence-corrected chi connectivity index (χ4v) is 2.87. The maximum absolute atomic E-state index is 12.2. The van der Waals surface area contributed by atoms with Gasteiger partial charge in [0.25, 0.3) is 0 Å². The highest BCUT2D eigenvalue weighted by Gasteiger charge is 2.32. The van der Waals surface area contributed by atoms with Crippen LogP contribution in [0, 0.1) is 0 Å². The SMILES string of the molecule is CC(C)OC(C)COC(=O)C(C)(P)OCCCOC(C)(C)C(=O)OCC(C)OC(C)P. The Morgan fingerprint density at radius 1 is 0.806 bits per heavy atom. The average molecular weight is 485 g/mol. The predicted octanol–water partition coefficient (Wildman–Crippen LogP) is 3.31. The Hall–Kier alpha value is -0.360. The summed E-state index contributed by atoms with van der Waals surface area (Å²) in [6, 6.07) is 0. The van der Waals surface area contributed by atoms with Gasteiger partial charge in [-0.1, -0.05) is 9.24 Å². The third-order valence-corrected chi connectivity index (χ3v) is 4.46. The van der Waals surface area contributed by atoms with Gasteiger partial charge < -0.3 is 28.4 Å². The summed E-state index contributed by atoms with van der Waals surface area (Å²) in [5, 5.41) is -1.17. The van der Waals surface area contributed by atoms with E-state index in [2.05, 4.69) is 18.5 Å². The van der Waals surface area contributed by atoms with Crippen molar-refractivity contribution in [2.24, 2.45) is 0 Å². The minimum Gasteiger partial charge on any atom is -0.461 e. The van der Waals surface area contributed by atoms with E-state index in [1.165, 1.54) is 0 Å². The Bertz CT molecular complexity index is 491. The second kappa shape index (κ2) is 14.7. The first-order valence-electron chi connectivity index (χ1n) is 10.6. The molecule has 10 heteroatoms. The van der Waals surface area contributed by atoms with Gasteiger partial charge >= 0.3 is 11.9 Å². The van der Waals surface area contributed by atoms with Crippen LogP contribution in [0.4, 0.5) is 0 Å². The van der Waals surface area contributed by atoms with E-state index in [9.17, 15) is 9.59 Å². The predicted molar refractivity (Wildman–Crippen MR) is 126 cm³/mol. The van der Waals surface area contributed by atoms with Crippen molar-refractivity contribution in [1.29, 1.82) is 0 Å². The maximum Gasteiger partial charge on any atom is 0.342 e. The molecule has 0 aliphatic carbocycles. The van der Waals surface area contributed by atoms with Crippen molar-refractivity contribution >= 4 is 30.4 Å². The third-order valence-electron chi connectivity index (χ3n) is 3.90. The van der Waals surface area contributed by atoms with E-state index in [0.29, 0.717) is 6.42 Å². The van der Waals surface area contributed by atoms with Gasteiger partial charge in [-0.2, -0.15) is 0 Å². The fraction of sp³-hybridized carbons (Fsp3) is 0.905. The van der Waals surface area contributed by atoms with Crippen LogP contribution in [0.5, 0.6) is 0 Å². The summed E-state index contributed by atoms with van der Waals surface area (Å²) in [6.07, 6.45) is 0.147. The zero-order valence-electron chi connectivity index (χ0n) is 20.3. The molecule has 8 nitrogen and oxygen atoms in total. The van der Waals surface area contributed by atoms with Crippen LogP contribution in [-0.4, -0.2) is 73.5 Å². The number of hydrogen-bond donors (Lipinski definition) is 0. The first kappa shape index (κ1) is 30.6. The Morgan fingerprint density at radius 2 is 1.29 bits per heavy atom. The normalized spacial score (nSPS) is 17.0. The highest BCUT2D eigenvalue weighted by Crippen LogP contribution is 2.22. The average Bonchev–Trinajstić information content (AvgIpc) is 2.62. The fourth-order valence-electron chi connectivity index (χ4n) is 2.40. The molecule has 0 rings (SSSR count). The molecule has 31 heavy (non-hydrogen) atoms. The first-order chi connectivity index (χ1) is 14.2. The van der Waals surface area contributed by atoms with Crippen molar-refractivity contribution in [3.8, 4) is 0 Å². The Morgan fingerprint density at radius 3 is 1.81 bits per heavy atom. The van der Waals surface area contributed by atoms with Crippen molar-refractivity contribution in [1.82, 2.24) is 0 Å². The van der Waals surface area contributed by atoms with Crippen molar-refractivity contribution in [2.45, 2.75) is 96.9 Å². The molecular formula is C21H42O8P2. The first-order valence-corrected chi connectivity index (χ1v) is 11.9. The monoisotopic (exact) mass is 484 g/mol. The van der Waals surface area contributed by atoms with Gasteiger partial charge in [-0.15, -0.1) is 9.24 Å². The Balaban J connectivity index is 4.20. The van der Waals surface area contributed by atoms with Crippen LogP contribution in [0.25, 0.3) is 0 Å². The molecule has 6 unspecified atom stereocenters. The van der Waals surface area contributed by atoms with E-state index in [4.69, 9.17) is 28.4 Å². The Kier molecular flexibility index (Phi) is 14.5. The van der Waals surface area contributed by atoms with E-state index in [1.807, 2.05) is 34.6 Å². The van der Waals surface area contributed by atoms with Crippen molar-refractivity contribution < 1.29 is 38.0 Å². The van der Waals surface area contributed by atoms with Crippen LogP contribution in [0.1, 0.15) is 61.8 Å². The standard InChI is InChI=1S/C21H42O8P2/c1-14(2)28-15(3)12-25-19(23)21(8,31)27-11-9-10-26-20(6,7)18(22)24-13-16(4)29-17(5)30/h14-17H,9-13,30-31H2,1-8H3. The molecule has 0 spiro atoms. The van der Waals surface area contributed by atoms with Gasteiger partial charge in [-0.05, 0) is 61.8 Å². The second-order valence-electron chi connectivity index (χ2n) is 8.51. The van der Waals surface area contributed by atoms with Crippen LogP contribution in [-0.2, 0) is 38.0 Å². The van der Waals surface area contributed by atoms with E-state index in [-0.39, 0.29) is 50.6 Å². The molecule has 0 aromatic rings. The molecule has 0 radical (unpaired) electrons. The number of ether oxygens (including phenoxy) is 6. The molecule has 6 atom stereocenters. The van der Waals surface area contributed by atoms with Crippen LogP contribution >= 0.6 is 18.5 Å². The lowest BCUT2D eigenvalue weighted by molar-refractivity contribution is -0.173. The third kappa shape index (κ3) is 14.4. The van der Waals surface area contributed by atoms with Gasteiger partial charge in [0.2, 0.25) is 0 Å². The summed E-state index contributed by atoms with van der Waals surface area (Å²) in [4.78, 5) is 24.5. The van der Waals surface area contributed by atoms with Gasteiger partial charge in [0, 0.05) is 0 Å². The number of carbonyl (C=O) groups excluding carboxylic acids is 2.